The molecule has 0 saturated carbocycles. The molecule has 0 amide bonds. The largest absolute Gasteiger partial charge is 0.388 e. The normalized spacial score (nSPS) is 21.2. The van der Waals surface area contributed by atoms with Gasteiger partial charge in [-0.05, 0) is 41.8 Å². The Hall–Kier alpha value is -1.42. The topological polar surface area (TPSA) is 37.3 Å². The highest BCUT2D eigenvalue weighted by Crippen LogP contribution is 2.39. The van der Waals surface area contributed by atoms with Crippen LogP contribution in [-0.4, -0.2) is 17.0 Å². The minimum Gasteiger partial charge on any atom is -0.388 e. The minimum absolute atomic E-state index is 0.0161. The zero-order valence-electron chi connectivity index (χ0n) is 11.5. The molecule has 0 aliphatic heterocycles. The van der Waals surface area contributed by atoms with E-state index in [1.165, 1.54) is 6.08 Å². The first-order valence-electron chi connectivity index (χ1n) is 6.88. The van der Waals surface area contributed by atoms with Crippen LogP contribution in [0.3, 0.4) is 0 Å². The van der Waals surface area contributed by atoms with Crippen LogP contribution in [0.5, 0.6) is 0 Å². The van der Waals surface area contributed by atoms with E-state index < -0.39 is 12.0 Å². The van der Waals surface area contributed by atoms with E-state index in [2.05, 4.69) is 6.92 Å². The molecule has 2 unspecified atom stereocenters. The third kappa shape index (κ3) is 2.69. The molecule has 0 fully saturated rings. The first-order valence-corrected chi connectivity index (χ1v) is 8.08. The number of thiophene rings is 1. The number of aliphatic hydroxyl groups excluding tert-OH is 1. The predicted molar refractivity (Wildman–Crippen MR) is 87.0 cm³/mol. The van der Waals surface area contributed by atoms with E-state index in [1.807, 2.05) is 30.3 Å². The molecule has 0 radical (unpaired) electrons. The first-order chi connectivity index (χ1) is 10.1. The van der Waals surface area contributed by atoms with Crippen LogP contribution in [0.15, 0.2) is 42.5 Å². The number of carbonyl (C=O) groups is 1. The van der Waals surface area contributed by atoms with Crippen LogP contribution in [-0.2, 0) is 11.2 Å². The highest BCUT2D eigenvalue weighted by Gasteiger charge is 2.32. The van der Waals surface area contributed by atoms with Gasteiger partial charge in [0.1, 0.15) is 0 Å². The van der Waals surface area contributed by atoms with E-state index in [0.29, 0.717) is 5.02 Å². The van der Waals surface area contributed by atoms with Crippen molar-refractivity contribution in [3.63, 3.8) is 0 Å². The fourth-order valence-corrected chi connectivity index (χ4v) is 3.93. The molecule has 2 nitrogen and oxygen atoms in total. The van der Waals surface area contributed by atoms with E-state index >= 15 is 0 Å². The molecular weight excluding hydrogens is 304 g/mol. The van der Waals surface area contributed by atoms with Crippen LogP contribution in [0.1, 0.15) is 23.3 Å². The molecule has 3 rings (SSSR count). The van der Waals surface area contributed by atoms with Crippen molar-refractivity contribution in [1.29, 1.82) is 0 Å². The summed E-state index contributed by atoms with van der Waals surface area (Å²) >= 11 is 7.60. The highest BCUT2D eigenvalue weighted by molar-refractivity contribution is 7.15. The summed E-state index contributed by atoms with van der Waals surface area (Å²) in [5.74, 6) is -0.463. The lowest BCUT2D eigenvalue weighted by Crippen LogP contribution is -2.18. The lowest BCUT2D eigenvalue weighted by molar-refractivity contribution is -0.116. The van der Waals surface area contributed by atoms with Crippen LogP contribution < -0.4 is 0 Å². The van der Waals surface area contributed by atoms with Gasteiger partial charge in [0.05, 0.1) is 12.0 Å². The van der Waals surface area contributed by atoms with E-state index in [0.717, 1.165) is 27.3 Å². The van der Waals surface area contributed by atoms with Crippen molar-refractivity contribution in [1.82, 2.24) is 0 Å². The Kier molecular flexibility index (Phi) is 3.98. The molecule has 2 aromatic rings. The predicted octanol–water partition coefficient (Wildman–Crippen LogP) is 4.21. The SMILES string of the molecule is CCc1sc(-c2ccc(Cl)cc2)cc1C1C(=O)C=CC1O. The van der Waals surface area contributed by atoms with Crippen molar-refractivity contribution in [2.45, 2.75) is 25.4 Å². The Morgan fingerprint density at radius 3 is 2.57 bits per heavy atom. The summed E-state index contributed by atoms with van der Waals surface area (Å²) in [6.45, 7) is 2.07. The summed E-state index contributed by atoms with van der Waals surface area (Å²) in [5.41, 5.74) is 2.04. The molecule has 1 aliphatic carbocycles. The summed E-state index contributed by atoms with van der Waals surface area (Å²) in [6, 6.07) is 9.70. The number of carbonyl (C=O) groups excluding carboxylic acids is 1. The third-order valence-electron chi connectivity index (χ3n) is 3.73. The van der Waals surface area contributed by atoms with Crippen molar-refractivity contribution in [2.75, 3.05) is 0 Å². The van der Waals surface area contributed by atoms with Crippen molar-refractivity contribution < 1.29 is 9.90 Å². The van der Waals surface area contributed by atoms with E-state index in [9.17, 15) is 9.90 Å². The zero-order valence-corrected chi connectivity index (χ0v) is 13.1. The Balaban J connectivity index is 2.02. The molecule has 1 aromatic heterocycles. The fraction of sp³-hybridized carbons (Fsp3) is 0.235. The molecule has 2 atom stereocenters. The van der Waals surface area contributed by atoms with Gasteiger partial charge in [-0.3, -0.25) is 4.79 Å². The van der Waals surface area contributed by atoms with Crippen molar-refractivity contribution in [3.8, 4) is 10.4 Å². The number of benzene rings is 1. The second-order valence-electron chi connectivity index (χ2n) is 5.08. The lowest BCUT2D eigenvalue weighted by Gasteiger charge is -2.13. The maximum Gasteiger partial charge on any atom is 0.165 e. The van der Waals surface area contributed by atoms with Crippen LogP contribution in [0.4, 0.5) is 0 Å². The molecular formula is C17H15ClO2S. The van der Waals surface area contributed by atoms with Crippen LogP contribution >= 0.6 is 22.9 Å². The van der Waals surface area contributed by atoms with E-state index in [4.69, 9.17) is 11.6 Å². The Morgan fingerprint density at radius 2 is 2.00 bits per heavy atom. The zero-order chi connectivity index (χ0) is 15.0. The molecule has 0 spiro atoms. The number of hydrogen-bond donors (Lipinski definition) is 1. The minimum atomic E-state index is -0.713. The van der Waals surface area contributed by atoms with Gasteiger partial charge in [-0.2, -0.15) is 0 Å². The van der Waals surface area contributed by atoms with Crippen molar-refractivity contribution in [3.05, 3.63) is 57.9 Å². The third-order valence-corrected chi connectivity index (χ3v) is 5.33. The van der Waals surface area contributed by atoms with Gasteiger partial charge >= 0.3 is 0 Å². The average molecular weight is 319 g/mol. The van der Waals surface area contributed by atoms with Crippen LogP contribution in [0.25, 0.3) is 10.4 Å². The Labute approximate surface area is 132 Å². The van der Waals surface area contributed by atoms with Gasteiger partial charge in [-0.1, -0.05) is 36.7 Å². The van der Waals surface area contributed by atoms with Gasteiger partial charge in [-0.25, -0.2) is 0 Å². The highest BCUT2D eigenvalue weighted by atomic mass is 35.5. The van der Waals surface area contributed by atoms with E-state index in [-0.39, 0.29) is 5.78 Å². The smallest absolute Gasteiger partial charge is 0.165 e. The molecule has 1 aromatic carbocycles. The molecule has 4 heteroatoms. The second kappa shape index (κ2) is 5.76. The summed E-state index contributed by atoms with van der Waals surface area (Å²) in [4.78, 5) is 14.2. The molecule has 1 N–H and O–H groups in total. The Morgan fingerprint density at radius 1 is 1.29 bits per heavy atom. The maximum atomic E-state index is 12.0. The van der Waals surface area contributed by atoms with Gasteiger partial charge in [0.15, 0.2) is 5.78 Å². The molecule has 0 saturated heterocycles. The van der Waals surface area contributed by atoms with Crippen molar-refractivity contribution >= 4 is 28.7 Å². The standard InChI is InChI=1S/C17H15ClO2S/c1-2-15-12(17-13(19)7-8-14(17)20)9-16(21-15)10-3-5-11(18)6-4-10/h3-9,13,17,19H,2H2,1H3. The average Bonchev–Trinajstić information content (AvgIpc) is 3.03. The monoisotopic (exact) mass is 318 g/mol. The number of hydrogen-bond acceptors (Lipinski definition) is 3. The number of rotatable bonds is 3. The number of halogens is 1. The van der Waals surface area contributed by atoms with Gasteiger partial charge in [-0.15, -0.1) is 11.3 Å². The van der Waals surface area contributed by atoms with Crippen LogP contribution in [0.2, 0.25) is 5.02 Å². The molecule has 21 heavy (non-hydrogen) atoms. The van der Waals surface area contributed by atoms with Gasteiger partial charge in [0, 0.05) is 14.8 Å². The first kappa shape index (κ1) is 14.5. The fourth-order valence-electron chi connectivity index (χ4n) is 2.65. The number of aliphatic hydroxyl groups is 1. The molecule has 1 heterocycles. The molecule has 108 valence electrons. The molecule has 1 aliphatic rings. The number of ketones is 1. The van der Waals surface area contributed by atoms with Gasteiger partial charge in [0.25, 0.3) is 0 Å². The van der Waals surface area contributed by atoms with Gasteiger partial charge < -0.3 is 5.11 Å². The van der Waals surface area contributed by atoms with Gasteiger partial charge in [0.2, 0.25) is 0 Å². The van der Waals surface area contributed by atoms with Crippen molar-refractivity contribution in [2.24, 2.45) is 0 Å². The second-order valence-corrected chi connectivity index (χ2v) is 6.65. The summed E-state index contributed by atoms with van der Waals surface area (Å²) in [5, 5.41) is 10.7. The van der Waals surface area contributed by atoms with E-state index in [1.54, 1.807) is 17.4 Å². The maximum absolute atomic E-state index is 12.0. The summed E-state index contributed by atoms with van der Waals surface area (Å²) in [7, 11) is 0. The molecule has 0 bridgehead atoms. The Bertz CT molecular complexity index is 700. The van der Waals surface area contributed by atoms with Crippen LogP contribution in [0, 0.1) is 0 Å². The quantitative estimate of drug-likeness (QED) is 0.920. The number of aryl methyl sites for hydroxylation is 1. The summed E-state index contributed by atoms with van der Waals surface area (Å²) in [6.07, 6.45) is 3.19. The lowest BCUT2D eigenvalue weighted by atomic mass is 9.93. The number of allylic oxidation sites excluding steroid dienone is 1. The summed E-state index contributed by atoms with van der Waals surface area (Å²) < 4.78 is 0.